The Hall–Kier alpha value is -1.64. The van der Waals surface area contributed by atoms with Crippen molar-refractivity contribution in [2.24, 2.45) is 0 Å². The van der Waals surface area contributed by atoms with E-state index in [4.69, 9.17) is 11.6 Å². The minimum atomic E-state index is -3.64. The summed E-state index contributed by atoms with van der Waals surface area (Å²) in [5.74, 6) is -0.829. The highest BCUT2D eigenvalue weighted by atomic mass is 35.5. The number of amides is 2. The van der Waals surface area contributed by atoms with Crippen LogP contribution in [0.25, 0.3) is 0 Å². The number of nitrogens with one attached hydrogen (secondary N) is 1. The molecule has 1 atom stereocenters. The van der Waals surface area contributed by atoms with E-state index in [0.29, 0.717) is 17.1 Å². The van der Waals surface area contributed by atoms with Crippen LogP contribution in [0.15, 0.2) is 18.2 Å². The highest BCUT2D eigenvalue weighted by molar-refractivity contribution is 7.89. The zero-order valence-electron chi connectivity index (χ0n) is 18.5. The zero-order valence-corrected chi connectivity index (χ0v) is 20.1. The van der Waals surface area contributed by atoms with Gasteiger partial charge in [-0.2, -0.15) is 4.31 Å². The van der Waals surface area contributed by atoms with E-state index >= 15 is 0 Å². The smallest absolute Gasteiger partial charge is 0.247 e. The molecule has 3 rings (SSSR count). The number of hydrogen-bond acceptors (Lipinski definition) is 4. The molecule has 0 radical (unpaired) electrons. The Morgan fingerprint density at radius 3 is 2.55 bits per heavy atom. The van der Waals surface area contributed by atoms with Crippen molar-refractivity contribution >= 4 is 39.1 Å². The summed E-state index contributed by atoms with van der Waals surface area (Å²) in [6.07, 6.45) is 5.48. The molecule has 1 saturated heterocycles. The van der Waals surface area contributed by atoms with Gasteiger partial charge in [-0.25, -0.2) is 8.42 Å². The van der Waals surface area contributed by atoms with Crippen LogP contribution in [0.4, 0.5) is 5.69 Å². The summed E-state index contributed by atoms with van der Waals surface area (Å²) in [6, 6.07) is 5.25. The number of rotatable bonds is 6. The van der Waals surface area contributed by atoms with Crippen LogP contribution in [0, 0.1) is 6.92 Å². The highest BCUT2D eigenvalue weighted by Crippen LogP contribution is 2.33. The summed E-state index contributed by atoms with van der Waals surface area (Å²) in [5, 5.41) is 3.58. The second-order valence-electron chi connectivity index (χ2n) is 8.83. The van der Waals surface area contributed by atoms with E-state index in [-0.39, 0.29) is 30.8 Å². The molecule has 2 fully saturated rings. The molecule has 31 heavy (non-hydrogen) atoms. The summed E-state index contributed by atoms with van der Waals surface area (Å²) in [5.41, 5.74) is -0.0311. The maximum Gasteiger partial charge on any atom is 0.247 e. The lowest BCUT2D eigenvalue weighted by molar-refractivity contribution is -0.133. The summed E-state index contributed by atoms with van der Waals surface area (Å²) in [4.78, 5) is 28.2. The molecule has 1 aromatic rings. The molecule has 0 aromatic heterocycles. The lowest BCUT2D eigenvalue weighted by Gasteiger charge is -2.47. The van der Waals surface area contributed by atoms with E-state index in [1.165, 1.54) is 4.90 Å². The number of carbonyl (C=O) groups excluding carboxylic acids is 2. The van der Waals surface area contributed by atoms with E-state index in [1.807, 2.05) is 6.92 Å². The number of halogens is 1. The minimum absolute atomic E-state index is 0.0410. The summed E-state index contributed by atoms with van der Waals surface area (Å²) in [7, 11) is -3.64. The van der Waals surface area contributed by atoms with Crippen LogP contribution < -0.4 is 10.2 Å². The first-order chi connectivity index (χ1) is 14.6. The Morgan fingerprint density at radius 1 is 1.26 bits per heavy atom. The molecule has 2 aliphatic rings. The van der Waals surface area contributed by atoms with Gasteiger partial charge in [0, 0.05) is 23.3 Å². The van der Waals surface area contributed by atoms with Gasteiger partial charge in [-0.05, 0) is 50.8 Å². The second kappa shape index (κ2) is 9.46. The van der Waals surface area contributed by atoms with Crippen LogP contribution >= 0.6 is 11.6 Å². The highest BCUT2D eigenvalue weighted by Gasteiger charge is 2.51. The number of hydrogen-bond donors (Lipinski definition) is 1. The Balaban J connectivity index is 1.99. The van der Waals surface area contributed by atoms with Gasteiger partial charge in [-0.15, -0.1) is 0 Å². The van der Waals surface area contributed by atoms with Crippen molar-refractivity contribution in [2.45, 2.75) is 70.9 Å². The standard InChI is InChI=1S/C22H32ClN3O4S/c1-4-12-31(29,30)25-14-20(27)26(18-11-10-16(2)19(23)13-18)22(3,15-25)21(28)24-17-8-6-5-7-9-17/h10-11,13,17H,4-9,12,14-15H2,1-3H3,(H,24,28). The van der Waals surface area contributed by atoms with E-state index in [9.17, 15) is 18.0 Å². The van der Waals surface area contributed by atoms with Gasteiger partial charge in [0.05, 0.1) is 12.3 Å². The zero-order chi connectivity index (χ0) is 22.8. The SMILES string of the molecule is CCCS(=O)(=O)N1CC(=O)N(c2ccc(C)c(Cl)c2)C(C)(C(=O)NC2CCCCC2)C1. The van der Waals surface area contributed by atoms with Gasteiger partial charge in [-0.1, -0.05) is 43.9 Å². The number of benzene rings is 1. The quantitative estimate of drug-likeness (QED) is 0.692. The molecule has 1 aliphatic heterocycles. The molecular weight excluding hydrogens is 438 g/mol. The topological polar surface area (TPSA) is 86.8 Å². The lowest BCUT2D eigenvalue weighted by atomic mass is 9.91. The van der Waals surface area contributed by atoms with Gasteiger partial charge in [0.25, 0.3) is 0 Å². The predicted octanol–water partition coefficient (Wildman–Crippen LogP) is 3.24. The third-order valence-electron chi connectivity index (χ3n) is 6.24. The molecule has 7 nitrogen and oxygen atoms in total. The maximum atomic E-state index is 13.5. The third-order valence-corrected chi connectivity index (χ3v) is 8.61. The van der Waals surface area contributed by atoms with Crippen LogP contribution in [0.5, 0.6) is 0 Å². The first-order valence-corrected chi connectivity index (χ1v) is 12.9. The third kappa shape index (κ3) is 5.07. The Labute approximate surface area is 190 Å². The van der Waals surface area contributed by atoms with Crippen LogP contribution in [0.3, 0.4) is 0 Å². The number of sulfonamides is 1. The fourth-order valence-electron chi connectivity index (χ4n) is 4.46. The van der Waals surface area contributed by atoms with Gasteiger partial charge < -0.3 is 5.32 Å². The Bertz CT molecular complexity index is 946. The first-order valence-electron chi connectivity index (χ1n) is 11.0. The Morgan fingerprint density at radius 2 is 1.94 bits per heavy atom. The normalized spacial score (nSPS) is 23.7. The predicted molar refractivity (Wildman–Crippen MR) is 123 cm³/mol. The Kier molecular flexibility index (Phi) is 7.33. The number of aryl methyl sites for hydroxylation is 1. The molecule has 9 heteroatoms. The van der Waals surface area contributed by atoms with E-state index in [1.54, 1.807) is 32.0 Å². The molecule has 1 heterocycles. The largest absolute Gasteiger partial charge is 0.351 e. The van der Waals surface area contributed by atoms with Crippen LogP contribution in [0.1, 0.15) is 57.9 Å². The van der Waals surface area contributed by atoms with Crippen LogP contribution in [-0.2, 0) is 19.6 Å². The number of anilines is 1. The van der Waals surface area contributed by atoms with Crippen molar-refractivity contribution in [1.29, 1.82) is 0 Å². The summed E-state index contributed by atoms with van der Waals surface area (Å²) in [6.45, 7) is 4.90. The monoisotopic (exact) mass is 469 g/mol. The molecule has 172 valence electrons. The molecule has 0 bridgehead atoms. The van der Waals surface area contributed by atoms with E-state index < -0.39 is 21.5 Å². The lowest BCUT2D eigenvalue weighted by Crippen LogP contribution is -2.71. The summed E-state index contributed by atoms with van der Waals surface area (Å²) < 4.78 is 26.7. The minimum Gasteiger partial charge on any atom is -0.351 e. The number of carbonyl (C=O) groups is 2. The van der Waals surface area contributed by atoms with Crippen molar-refractivity contribution in [3.8, 4) is 0 Å². The van der Waals surface area contributed by atoms with E-state index in [2.05, 4.69) is 5.32 Å². The average molecular weight is 470 g/mol. The van der Waals surface area contributed by atoms with E-state index in [0.717, 1.165) is 42.0 Å². The molecule has 1 N–H and O–H groups in total. The number of nitrogens with zero attached hydrogens (tertiary/aromatic N) is 2. The van der Waals surface area contributed by atoms with Crippen molar-refractivity contribution in [3.63, 3.8) is 0 Å². The van der Waals surface area contributed by atoms with Crippen molar-refractivity contribution < 1.29 is 18.0 Å². The van der Waals surface area contributed by atoms with Gasteiger partial charge >= 0.3 is 0 Å². The fraction of sp³-hybridized carbons (Fsp3) is 0.636. The van der Waals surface area contributed by atoms with Gasteiger partial charge in [-0.3, -0.25) is 14.5 Å². The molecular formula is C22H32ClN3O4S. The van der Waals surface area contributed by atoms with Crippen LogP contribution in [0.2, 0.25) is 5.02 Å². The van der Waals surface area contributed by atoms with Gasteiger partial charge in [0.2, 0.25) is 21.8 Å². The van der Waals surface area contributed by atoms with Crippen LogP contribution in [-0.4, -0.2) is 55.0 Å². The molecule has 1 aliphatic carbocycles. The van der Waals surface area contributed by atoms with Gasteiger partial charge in [0.15, 0.2) is 0 Å². The second-order valence-corrected chi connectivity index (χ2v) is 11.3. The van der Waals surface area contributed by atoms with Crippen molar-refractivity contribution in [2.75, 3.05) is 23.7 Å². The molecule has 1 aromatic carbocycles. The summed E-state index contributed by atoms with van der Waals surface area (Å²) >= 11 is 6.31. The maximum absolute atomic E-state index is 13.5. The fourth-order valence-corrected chi connectivity index (χ4v) is 6.17. The molecule has 2 amide bonds. The first kappa shape index (κ1) is 24.0. The molecule has 0 spiro atoms. The van der Waals surface area contributed by atoms with Gasteiger partial charge in [0.1, 0.15) is 5.54 Å². The molecule has 1 unspecified atom stereocenters. The molecule has 1 saturated carbocycles. The van der Waals surface area contributed by atoms with Crippen molar-refractivity contribution in [3.05, 3.63) is 28.8 Å². The van der Waals surface area contributed by atoms with Crippen molar-refractivity contribution in [1.82, 2.24) is 9.62 Å². The average Bonchev–Trinajstić information content (AvgIpc) is 2.71. The number of piperazine rings is 1.